The Kier molecular flexibility index (Phi) is 5.46. The Balaban J connectivity index is 2.28. The zero-order chi connectivity index (χ0) is 20.6. The normalized spacial score (nSPS) is 13.0. The van der Waals surface area contributed by atoms with Crippen LogP contribution in [0.3, 0.4) is 0 Å². The molecule has 1 N–H and O–H groups in total. The number of methoxy groups -OCH3 is 1. The predicted octanol–water partition coefficient (Wildman–Crippen LogP) is 3.75. The van der Waals surface area contributed by atoms with Gasteiger partial charge >= 0.3 is 5.97 Å². The molecule has 3 rings (SSSR count). The minimum atomic E-state index is -0.865. The summed E-state index contributed by atoms with van der Waals surface area (Å²) in [7, 11) is 3.23. The molecule has 0 fully saturated rings. The molecule has 1 aromatic heterocycles. The van der Waals surface area contributed by atoms with Gasteiger partial charge < -0.3 is 9.84 Å². The largest absolute Gasteiger partial charge is 0.469 e. The van der Waals surface area contributed by atoms with Crippen molar-refractivity contribution in [1.29, 1.82) is 0 Å². The molecule has 0 saturated carbocycles. The van der Waals surface area contributed by atoms with E-state index in [4.69, 9.17) is 16.3 Å². The van der Waals surface area contributed by atoms with Gasteiger partial charge in [-0.15, -0.1) is 5.10 Å². The van der Waals surface area contributed by atoms with E-state index in [0.717, 1.165) is 27.7 Å². The maximum atomic E-state index is 12.7. The maximum Gasteiger partial charge on any atom is 0.312 e. The first kappa shape index (κ1) is 20.3. The average Bonchev–Trinajstić information content (AvgIpc) is 3.05. The predicted molar refractivity (Wildman–Crippen MR) is 108 cm³/mol. The van der Waals surface area contributed by atoms with E-state index in [2.05, 4.69) is 10.3 Å². The van der Waals surface area contributed by atoms with Gasteiger partial charge in [-0.05, 0) is 55.2 Å². The summed E-state index contributed by atoms with van der Waals surface area (Å²) >= 11 is 6.19. The summed E-state index contributed by atoms with van der Waals surface area (Å²) < 4.78 is 6.83. The number of hydrogen-bond donors (Lipinski definition) is 1. The number of aliphatic hydroxyl groups is 1. The van der Waals surface area contributed by atoms with Crippen LogP contribution < -0.4 is 0 Å². The van der Waals surface area contributed by atoms with E-state index in [1.54, 1.807) is 10.7 Å². The molecule has 28 heavy (non-hydrogen) atoms. The number of rotatable bonds is 5. The molecule has 6 nitrogen and oxygen atoms in total. The average molecular weight is 402 g/mol. The van der Waals surface area contributed by atoms with Gasteiger partial charge in [0, 0.05) is 18.0 Å². The van der Waals surface area contributed by atoms with Crippen LogP contribution in [0.4, 0.5) is 0 Å². The Morgan fingerprint density at radius 2 is 2.04 bits per heavy atom. The van der Waals surface area contributed by atoms with E-state index in [1.807, 2.05) is 52.1 Å². The second-order valence-electron chi connectivity index (χ2n) is 7.52. The molecule has 0 amide bonds. The van der Waals surface area contributed by atoms with Crippen molar-refractivity contribution in [2.24, 2.45) is 12.5 Å². The Labute approximate surface area is 169 Å². The van der Waals surface area contributed by atoms with Crippen LogP contribution in [0.15, 0.2) is 30.3 Å². The molecule has 1 atom stereocenters. The van der Waals surface area contributed by atoms with Crippen LogP contribution in [0.2, 0.25) is 5.02 Å². The van der Waals surface area contributed by atoms with Crippen molar-refractivity contribution in [3.05, 3.63) is 57.6 Å². The van der Waals surface area contributed by atoms with Crippen LogP contribution in [0.5, 0.6) is 0 Å². The topological polar surface area (TPSA) is 77.2 Å². The number of nitrogens with zero attached hydrogens (tertiary/aromatic N) is 3. The number of hydrogen-bond acceptors (Lipinski definition) is 5. The van der Waals surface area contributed by atoms with Crippen LogP contribution in [0.1, 0.15) is 42.0 Å². The minimum absolute atomic E-state index is 0.180. The summed E-state index contributed by atoms with van der Waals surface area (Å²) in [6.07, 6.45) is 0. The fourth-order valence-corrected chi connectivity index (χ4v) is 4.00. The molecule has 0 aliphatic heterocycles. The van der Waals surface area contributed by atoms with Crippen molar-refractivity contribution in [1.82, 2.24) is 15.0 Å². The number of fused-ring (bicyclic) bond motifs is 1. The maximum absolute atomic E-state index is 12.7. The molecule has 0 unspecified atom stereocenters. The van der Waals surface area contributed by atoms with Crippen LogP contribution in [-0.2, 0) is 23.2 Å². The fourth-order valence-electron chi connectivity index (χ4n) is 3.82. The number of ether oxygens (including phenoxy) is 1. The van der Waals surface area contributed by atoms with Crippen molar-refractivity contribution < 1.29 is 14.6 Å². The monoisotopic (exact) mass is 401 g/mol. The SMILES string of the molecule is COC(=O)C(C)(C)[C@H](c1ccc(Cl)c(CO)c1)c1ccc2c(nnn2C)c1C. The van der Waals surface area contributed by atoms with Crippen LogP contribution >= 0.6 is 11.6 Å². The Bertz CT molecular complexity index is 1040. The number of carbonyl (C=O) groups is 1. The van der Waals surface area contributed by atoms with Crippen molar-refractivity contribution in [2.75, 3.05) is 7.11 Å². The fraction of sp³-hybridized carbons (Fsp3) is 0.381. The standard InChI is InChI=1S/C21H24ClN3O3/c1-12-15(7-9-17-19(12)23-24-25(17)4)18(21(2,3)20(27)28-5)13-6-8-16(22)14(10-13)11-26/h6-10,18,26H,11H2,1-5H3/t18-/m1/s1. The van der Waals surface area contributed by atoms with E-state index in [-0.39, 0.29) is 18.5 Å². The third-order valence-corrected chi connectivity index (χ3v) is 5.77. The lowest BCUT2D eigenvalue weighted by Crippen LogP contribution is -2.34. The molecular formula is C21H24ClN3O3. The third kappa shape index (κ3) is 3.27. The van der Waals surface area contributed by atoms with Gasteiger partial charge in [-0.1, -0.05) is 35.0 Å². The Morgan fingerprint density at radius 1 is 1.32 bits per heavy atom. The third-order valence-electron chi connectivity index (χ3n) is 5.40. The van der Waals surface area contributed by atoms with Crippen LogP contribution in [-0.4, -0.2) is 33.2 Å². The first-order chi connectivity index (χ1) is 13.2. The molecule has 0 aliphatic carbocycles. The zero-order valence-electron chi connectivity index (χ0n) is 16.7. The summed E-state index contributed by atoms with van der Waals surface area (Å²) in [5.41, 5.74) is 4.24. The van der Waals surface area contributed by atoms with Gasteiger partial charge in [0.15, 0.2) is 0 Å². The van der Waals surface area contributed by atoms with Gasteiger partial charge in [0.05, 0.1) is 24.6 Å². The number of carbonyl (C=O) groups excluding carboxylic acids is 1. The van der Waals surface area contributed by atoms with E-state index in [0.29, 0.717) is 10.6 Å². The van der Waals surface area contributed by atoms with Crippen LogP contribution in [0.25, 0.3) is 11.0 Å². The second-order valence-corrected chi connectivity index (χ2v) is 7.92. The van der Waals surface area contributed by atoms with Gasteiger partial charge in [0.2, 0.25) is 0 Å². The smallest absolute Gasteiger partial charge is 0.312 e. The van der Waals surface area contributed by atoms with E-state index < -0.39 is 5.41 Å². The molecule has 2 aromatic carbocycles. The molecule has 3 aromatic rings. The minimum Gasteiger partial charge on any atom is -0.469 e. The second kappa shape index (κ2) is 7.53. The molecule has 0 saturated heterocycles. The molecule has 0 spiro atoms. The number of aliphatic hydroxyl groups excluding tert-OH is 1. The molecule has 7 heteroatoms. The van der Waals surface area contributed by atoms with Crippen molar-refractivity contribution >= 4 is 28.6 Å². The van der Waals surface area contributed by atoms with Gasteiger partial charge in [-0.25, -0.2) is 4.68 Å². The van der Waals surface area contributed by atoms with E-state index in [9.17, 15) is 9.90 Å². The molecule has 0 bridgehead atoms. The molecule has 1 heterocycles. The summed E-state index contributed by atoms with van der Waals surface area (Å²) in [5, 5.41) is 18.5. The number of esters is 1. The first-order valence-electron chi connectivity index (χ1n) is 8.98. The van der Waals surface area contributed by atoms with Gasteiger partial charge in [0.1, 0.15) is 5.52 Å². The molecule has 0 radical (unpaired) electrons. The lowest BCUT2D eigenvalue weighted by Gasteiger charge is -2.34. The summed E-state index contributed by atoms with van der Waals surface area (Å²) in [4.78, 5) is 12.7. The summed E-state index contributed by atoms with van der Waals surface area (Å²) in [6, 6.07) is 9.44. The van der Waals surface area contributed by atoms with Crippen LogP contribution in [0, 0.1) is 12.3 Å². The van der Waals surface area contributed by atoms with Crippen molar-refractivity contribution in [2.45, 2.75) is 33.3 Å². The number of aromatic nitrogens is 3. The summed E-state index contributed by atoms with van der Waals surface area (Å²) in [5.74, 6) is -0.648. The zero-order valence-corrected chi connectivity index (χ0v) is 17.4. The molecule has 148 valence electrons. The van der Waals surface area contributed by atoms with Gasteiger partial charge in [0.25, 0.3) is 0 Å². The van der Waals surface area contributed by atoms with Gasteiger partial charge in [-0.2, -0.15) is 0 Å². The quantitative estimate of drug-likeness (QED) is 0.659. The lowest BCUT2D eigenvalue weighted by molar-refractivity contribution is -0.151. The first-order valence-corrected chi connectivity index (χ1v) is 9.36. The highest BCUT2D eigenvalue weighted by molar-refractivity contribution is 6.31. The highest BCUT2D eigenvalue weighted by Crippen LogP contribution is 2.44. The van der Waals surface area contributed by atoms with Gasteiger partial charge in [-0.3, -0.25) is 4.79 Å². The summed E-state index contributed by atoms with van der Waals surface area (Å²) in [6.45, 7) is 5.52. The van der Waals surface area contributed by atoms with E-state index in [1.165, 1.54) is 7.11 Å². The number of benzene rings is 2. The number of halogens is 1. The van der Waals surface area contributed by atoms with E-state index >= 15 is 0 Å². The number of aryl methyl sites for hydroxylation is 2. The highest BCUT2D eigenvalue weighted by Gasteiger charge is 2.41. The van der Waals surface area contributed by atoms with Crippen molar-refractivity contribution in [3.63, 3.8) is 0 Å². The van der Waals surface area contributed by atoms with Crippen molar-refractivity contribution in [3.8, 4) is 0 Å². The molecular weight excluding hydrogens is 378 g/mol. The lowest BCUT2D eigenvalue weighted by atomic mass is 9.70. The highest BCUT2D eigenvalue weighted by atomic mass is 35.5. The molecule has 0 aliphatic rings. The Hall–Kier alpha value is -2.44. The Morgan fingerprint density at radius 3 is 2.68 bits per heavy atom.